The molecule has 1 saturated heterocycles. The van der Waals surface area contributed by atoms with E-state index in [1.165, 1.54) is 12.8 Å². The van der Waals surface area contributed by atoms with Crippen molar-refractivity contribution in [1.29, 1.82) is 0 Å². The molecule has 2 fully saturated rings. The predicted octanol–water partition coefficient (Wildman–Crippen LogP) is 0.685. The van der Waals surface area contributed by atoms with E-state index in [4.69, 9.17) is 5.11 Å². The maximum absolute atomic E-state index is 9.03. The van der Waals surface area contributed by atoms with Crippen molar-refractivity contribution in [2.24, 2.45) is 0 Å². The third-order valence-corrected chi connectivity index (χ3v) is 2.58. The number of halogens is 1. The SMILES string of the molecule is Cl.OC1CC2(CCCN2)C1. The lowest BCUT2D eigenvalue weighted by molar-refractivity contribution is 0.0123. The van der Waals surface area contributed by atoms with E-state index >= 15 is 0 Å². The average molecular weight is 164 g/mol. The summed E-state index contributed by atoms with van der Waals surface area (Å²) in [6.45, 7) is 1.16. The van der Waals surface area contributed by atoms with Crippen LogP contribution in [-0.2, 0) is 0 Å². The first-order chi connectivity index (χ1) is 4.31. The molecule has 1 saturated carbocycles. The summed E-state index contributed by atoms with van der Waals surface area (Å²) in [5, 5.41) is 12.5. The molecule has 10 heavy (non-hydrogen) atoms. The zero-order valence-electron chi connectivity index (χ0n) is 5.97. The average Bonchev–Trinajstić information content (AvgIpc) is 2.12. The van der Waals surface area contributed by atoms with Crippen molar-refractivity contribution in [3.63, 3.8) is 0 Å². The summed E-state index contributed by atoms with van der Waals surface area (Å²) in [6.07, 6.45) is 4.56. The molecule has 0 radical (unpaired) electrons. The van der Waals surface area contributed by atoms with Gasteiger partial charge in [0, 0.05) is 5.54 Å². The van der Waals surface area contributed by atoms with Gasteiger partial charge in [0.1, 0.15) is 0 Å². The molecule has 0 bridgehead atoms. The van der Waals surface area contributed by atoms with Gasteiger partial charge >= 0.3 is 0 Å². The van der Waals surface area contributed by atoms with Gasteiger partial charge in [-0.25, -0.2) is 0 Å². The summed E-state index contributed by atoms with van der Waals surface area (Å²) < 4.78 is 0. The van der Waals surface area contributed by atoms with E-state index in [0.29, 0.717) is 5.54 Å². The Bertz CT molecular complexity index is 115. The van der Waals surface area contributed by atoms with E-state index in [2.05, 4.69) is 5.32 Å². The fourth-order valence-electron chi connectivity index (χ4n) is 2.06. The van der Waals surface area contributed by atoms with Crippen LogP contribution in [0.3, 0.4) is 0 Å². The van der Waals surface area contributed by atoms with E-state index < -0.39 is 0 Å². The fraction of sp³-hybridized carbons (Fsp3) is 1.00. The Kier molecular flexibility index (Phi) is 2.23. The predicted molar refractivity (Wildman–Crippen MR) is 42.5 cm³/mol. The lowest BCUT2D eigenvalue weighted by Gasteiger charge is -2.42. The van der Waals surface area contributed by atoms with E-state index in [9.17, 15) is 0 Å². The molecule has 2 rings (SSSR count). The largest absolute Gasteiger partial charge is 0.393 e. The van der Waals surface area contributed by atoms with Crippen molar-refractivity contribution in [3.05, 3.63) is 0 Å². The summed E-state index contributed by atoms with van der Waals surface area (Å²) >= 11 is 0. The molecule has 2 N–H and O–H groups in total. The van der Waals surface area contributed by atoms with E-state index in [-0.39, 0.29) is 18.5 Å². The highest BCUT2D eigenvalue weighted by atomic mass is 35.5. The van der Waals surface area contributed by atoms with Gasteiger partial charge in [0.05, 0.1) is 6.10 Å². The number of aliphatic hydroxyl groups excluding tert-OH is 1. The molecule has 0 aromatic heterocycles. The van der Waals surface area contributed by atoms with Crippen LogP contribution in [0.15, 0.2) is 0 Å². The van der Waals surface area contributed by atoms with Crippen LogP contribution in [0.4, 0.5) is 0 Å². The van der Waals surface area contributed by atoms with Crippen LogP contribution in [0, 0.1) is 0 Å². The van der Waals surface area contributed by atoms with Crippen LogP contribution in [0.5, 0.6) is 0 Å². The molecular formula is C7H14ClNO. The van der Waals surface area contributed by atoms with Crippen LogP contribution in [0.1, 0.15) is 25.7 Å². The smallest absolute Gasteiger partial charge is 0.0575 e. The van der Waals surface area contributed by atoms with Gasteiger partial charge in [0.2, 0.25) is 0 Å². The second-order valence-electron chi connectivity index (χ2n) is 3.37. The minimum atomic E-state index is -0.00407. The minimum Gasteiger partial charge on any atom is -0.393 e. The zero-order chi connectivity index (χ0) is 6.32. The third-order valence-electron chi connectivity index (χ3n) is 2.58. The van der Waals surface area contributed by atoms with Crippen molar-refractivity contribution >= 4 is 12.4 Å². The third kappa shape index (κ3) is 1.16. The Morgan fingerprint density at radius 3 is 2.50 bits per heavy atom. The van der Waals surface area contributed by atoms with Crippen molar-refractivity contribution in [2.45, 2.75) is 37.3 Å². The Morgan fingerprint density at radius 2 is 2.10 bits per heavy atom. The van der Waals surface area contributed by atoms with Gasteiger partial charge in [0.15, 0.2) is 0 Å². The number of aliphatic hydroxyl groups is 1. The Labute approximate surface area is 67.4 Å². The highest BCUT2D eigenvalue weighted by molar-refractivity contribution is 5.85. The number of rotatable bonds is 0. The molecule has 0 atom stereocenters. The molecular weight excluding hydrogens is 150 g/mol. The molecule has 1 spiro atoms. The Hall–Kier alpha value is 0.210. The Morgan fingerprint density at radius 1 is 1.40 bits per heavy atom. The van der Waals surface area contributed by atoms with Crippen LogP contribution in [-0.4, -0.2) is 23.3 Å². The first-order valence-electron chi connectivity index (χ1n) is 3.74. The normalized spacial score (nSPS) is 44.7. The zero-order valence-corrected chi connectivity index (χ0v) is 6.78. The molecule has 0 amide bonds. The summed E-state index contributed by atoms with van der Waals surface area (Å²) in [7, 11) is 0. The van der Waals surface area contributed by atoms with Crippen molar-refractivity contribution in [3.8, 4) is 0 Å². The van der Waals surface area contributed by atoms with Crippen molar-refractivity contribution in [2.75, 3.05) is 6.54 Å². The van der Waals surface area contributed by atoms with Crippen LogP contribution >= 0.6 is 12.4 Å². The first-order valence-corrected chi connectivity index (χ1v) is 3.74. The fourth-order valence-corrected chi connectivity index (χ4v) is 2.06. The highest BCUT2D eigenvalue weighted by Gasteiger charge is 2.44. The monoisotopic (exact) mass is 163 g/mol. The van der Waals surface area contributed by atoms with Gasteiger partial charge in [-0.05, 0) is 32.2 Å². The van der Waals surface area contributed by atoms with Gasteiger partial charge in [-0.15, -0.1) is 12.4 Å². The molecule has 0 unspecified atom stereocenters. The standard InChI is InChI=1S/C7H13NO.ClH/c9-6-4-7(5-6)2-1-3-8-7;/h6,8-9H,1-5H2;1H. The van der Waals surface area contributed by atoms with Crippen molar-refractivity contribution in [1.82, 2.24) is 5.32 Å². The van der Waals surface area contributed by atoms with Gasteiger partial charge in [-0.3, -0.25) is 0 Å². The van der Waals surface area contributed by atoms with Crippen molar-refractivity contribution < 1.29 is 5.11 Å². The molecule has 1 aliphatic heterocycles. The maximum atomic E-state index is 9.03. The van der Waals surface area contributed by atoms with E-state index in [1.807, 2.05) is 0 Å². The number of nitrogens with one attached hydrogen (secondary N) is 1. The van der Waals surface area contributed by atoms with Gasteiger partial charge in [-0.1, -0.05) is 0 Å². The molecule has 2 aliphatic rings. The summed E-state index contributed by atoms with van der Waals surface area (Å²) in [4.78, 5) is 0. The van der Waals surface area contributed by atoms with Crippen LogP contribution in [0.2, 0.25) is 0 Å². The van der Waals surface area contributed by atoms with E-state index in [0.717, 1.165) is 19.4 Å². The highest BCUT2D eigenvalue weighted by Crippen LogP contribution is 2.38. The second kappa shape index (κ2) is 2.68. The molecule has 0 aromatic rings. The lowest BCUT2D eigenvalue weighted by Crippen LogP contribution is -2.53. The molecule has 3 heteroatoms. The summed E-state index contributed by atoms with van der Waals surface area (Å²) in [5.41, 5.74) is 0.388. The second-order valence-corrected chi connectivity index (χ2v) is 3.37. The van der Waals surface area contributed by atoms with Gasteiger partial charge in [0.25, 0.3) is 0 Å². The lowest BCUT2D eigenvalue weighted by atomic mass is 9.73. The first kappa shape index (κ1) is 8.31. The molecule has 0 aromatic carbocycles. The molecule has 2 nitrogen and oxygen atoms in total. The molecule has 1 heterocycles. The topological polar surface area (TPSA) is 32.3 Å². The molecule has 1 aliphatic carbocycles. The number of hydrogen-bond donors (Lipinski definition) is 2. The number of hydrogen-bond acceptors (Lipinski definition) is 2. The minimum absolute atomic E-state index is 0. The van der Waals surface area contributed by atoms with Gasteiger partial charge in [-0.2, -0.15) is 0 Å². The molecule has 60 valence electrons. The summed E-state index contributed by atoms with van der Waals surface area (Å²) in [6, 6.07) is 0. The quantitative estimate of drug-likeness (QED) is 0.551. The summed E-state index contributed by atoms with van der Waals surface area (Å²) in [5.74, 6) is 0. The Balaban J connectivity index is 0.000000500. The maximum Gasteiger partial charge on any atom is 0.0575 e. The van der Waals surface area contributed by atoms with Gasteiger partial charge < -0.3 is 10.4 Å². The van der Waals surface area contributed by atoms with E-state index in [1.54, 1.807) is 0 Å². The van der Waals surface area contributed by atoms with Crippen LogP contribution in [0.25, 0.3) is 0 Å². The van der Waals surface area contributed by atoms with Crippen LogP contribution < -0.4 is 5.32 Å².